The Morgan fingerprint density at radius 3 is 2.42 bits per heavy atom. The fourth-order valence-corrected chi connectivity index (χ4v) is 4.10. The fourth-order valence-electron chi connectivity index (χ4n) is 4.10. The number of nitrogens with zero attached hydrogens (tertiary/aromatic N) is 3. The van der Waals surface area contributed by atoms with Crippen molar-refractivity contribution >= 4 is 17.1 Å². The van der Waals surface area contributed by atoms with Crippen molar-refractivity contribution in [2.75, 3.05) is 6.61 Å². The van der Waals surface area contributed by atoms with Crippen LogP contribution >= 0.6 is 0 Å². The van der Waals surface area contributed by atoms with Gasteiger partial charge in [-0.15, -0.1) is 0 Å². The molecule has 36 heavy (non-hydrogen) atoms. The first-order chi connectivity index (χ1) is 17.3. The summed E-state index contributed by atoms with van der Waals surface area (Å²) in [5.74, 6) is 2.38. The average Bonchev–Trinajstić information content (AvgIpc) is 2.84. The van der Waals surface area contributed by atoms with Gasteiger partial charge >= 0.3 is 0 Å². The van der Waals surface area contributed by atoms with Crippen LogP contribution in [0.5, 0.6) is 11.5 Å². The van der Waals surface area contributed by atoms with Crippen molar-refractivity contribution in [1.82, 2.24) is 9.66 Å². The lowest BCUT2D eigenvalue weighted by Crippen LogP contribution is -2.20. The molecule has 0 aliphatic carbocycles. The van der Waals surface area contributed by atoms with Gasteiger partial charge in [-0.3, -0.25) is 4.79 Å². The molecule has 0 aliphatic rings. The maximum Gasteiger partial charge on any atom is 0.282 e. The minimum absolute atomic E-state index is 0.0995. The Bertz CT molecular complexity index is 1450. The monoisotopic (exact) mass is 483 g/mol. The summed E-state index contributed by atoms with van der Waals surface area (Å²) in [7, 11) is 0. The van der Waals surface area contributed by atoms with E-state index in [9.17, 15) is 4.79 Å². The van der Waals surface area contributed by atoms with Gasteiger partial charge in [0, 0.05) is 5.56 Å². The summed E-state index contributed by atoms with van der Waals surface area (Å²) in [6, 6.07) is 19.1. The van der Waals surface area contributed by atoms with Gasteiger partial charge in [0.2, 0.25) is 0 Å². The third kappa shape index (κ3) is 5.33. The van der Waals surface area contributed by atoms with Crippen LogP contribution in [0.2, 0.25) is 0 Å². The summed E-state index contributed by atoms with van der Waals surface area (Å²) in [5, 5.41) is 5.13. The third-order valence-electron chi connectivity index (χ3n) is 5.85. The lowest BCUT2D eigenvalue weighted by Gasteiger charge is -2.18. The van der Waals surface area contributed by atoms with Crippen LogP contribution in [0.4, 0.5) is 0 Å². The van der Waals surface area contributed by atoms with E-state index >= 15 is 0 Å². The lowest BCUT2D eigenvalue weighted by atomic mass is 9.96. The molecule has 0 spiro atoms. The van der Waals surface area contributed by atoms with E-state index in [4.69, 9.17) is 14.5 Å². The van der Waals surface area contributed by atoms with E-state index in [-0.39, 0.29) is 17.6 Å². The van der Waals surface area contributed by atoms with E-state index < -0.39 is 0 Å². The molecule has 1 aromatic heterocycles. The summed E-state index contributed by atoms with van der Waals surface area (Å²) in [6.07, 6.45) is 1.77. The highest BCUT2D eigenvalue weighted by molar-refractivity contribution is 5.82. The Kier molecular flexibility index (Phi) is 7.53. The van der Waals surface area contributed by atoms with Gasteiger partial charge in [-0.2, -0.15) is 9.78 Å². The van der Waals surface area contributed by atoms with E-state index in [1.54, 1.807) is 12.3 Å². The predicted octanol–water partition coefficient (Wildman–Crippen LogP) is 6.56. The maximum atomic E-state index is 13.6. The number of hydrogen-bond acceptors (Lipinski definition) is 5. The Morgan fingerprint density at radius 2 is 1.75 bits per heavy atom. The molecule has 6 heteroatoms. The Balaban J connectivity index is 1.88. The quantitative estimate of drug-likeness (QED) is 0.266. The van der Waals surface area contributed by atoms with Gasteiger partial charge in [0.15, 0.2) is 5.82 Å². The molecule has 4 aromatic rings. The zero-order chi connectivity index (χ0) is 25.8. The summed E-state index contributed by atoms with van der Waals surface area (Å²) in [4.78, 5) is 18.5. The van der Waals surface area contributed by atoms with Crippen molar-refractivity contribution in [3.05, 3.63) is 87.7 Å². The fraction of sp³-hybridized carbons (Fsp3) is 0.300. The van der Waals surface area contributed by atoms with Gasteiger partial charge in [0.1, 0.15) is 11.5 Å². The standard InChI is InChI=1S/C30H33N3O3/c1-7-35-28-16-21(6)26(17-25(28)19(2)3)29-32-27-11-9-8-10-24(27)30(34)33(29)31-18-22-12-14-23(15-13-22)36-20(4)5/h8-20H,7H2,1-6H3. The molecule has 0 aliphatic heterocycles. The molecule has 0 atom stereocenters. The molecule has 0 saturated heterocycles. The molecule has 0 fully saturated rings. The van der Waals surface area contributed by atoms with Gasteiger partial charge in [-0.25, -0.2) is 4.98 Å². The highest BCUT2D eigenvalue weighted by Gasteiger charge is 2.18. The normalized spacial score (nSPS) is 11.7. The van der Waals surface area contributed by atoms with E-state index in [1.807, 2.05) is 76.2 Å². The highest BCUT2D eigenvalue weighted by atomic mass is 16.5. The highest BCUT2D eigenvalue weighted by Crippen LogP contribution is 2.34. The molecule has 3 aromatic carbocycles. The molecule has 0 radical (unpaired) electrons. The Hall–Kier alpha value is -3.93. The lowest BCUT2D eigenvalue weighted by molar-refractivity contribution is 0.242. The van der Waals surface area contributed by atoms with Gasteiger partial charge < -0.3 is 9.47 Å². The SMILES string of the molecule is CCOc1cc(C)c(-c2nc3ccccc3c(=O)n2N=Cc2ccc(OC(C)C)cc2)cc1C(C)C. The van der Waals surface area contributed by atoms with Crippen molar-refractivity contribution in [3.63, 3.8) is 0 Å². The smallest absolute Gasteiger partial charge is 0.282 e. The molecule has 0 bridgehead atoms. The van der Waals surface area contributed by atoms with Crippen LogP contribution in [0.25, 0.3) is 22.3 Å². The molecule has 0 N–H and O–H groups in total. The summed E-state index contributed by atoms with van der Waals surface area (Å²) in [6.45, 7) is 12.8. The van der Waals surface area contributed by atoms with Gasteiger partial charge in [0.05, 0.1) is 29.8 Å². The Labute approximate surface area is 212 Å². The topological polar surface area (TPSA) is 65.7 Å². The molecular weight excluding hydrogens is 450 g/mol. The van der Waals surface area contributed by atoms with Crippen molar-refractivity contribution < 1.29 is 9.47 Å². The molecule has 0 amide bonds. The molecule has 0 unspecified atom stereocenters. The van der Waals surface area contributed by atoms with E-state index in [2.05, 4.69) is 25.0 Å². The van der Waals surface area contributed by atoms with Crippen molar-refractivity contribution in [3.8, 4) is 22.9 Å². The van der Waals surface area contributed by atoms with Gasteiger partial charge in [-0.05, 0) is 98.8 Å². The van der Waals surface area contributed by atoms with E-state index in [1.165, 1.54) is 4.68 Å². The number of ether oxygens (including phenoxy) is 2. The minimum atomic E-state index is -0.217. The molecule has 0 saturated carbocycles. The second kappa shape index (κ2) is 10.8. The second-order valence-electron chi connectivity index (χ2n) is 9.34. The predicted molar refractivity (Wildman–Crippen MR) is 147 cm³/mol. The zero-order valence-electron chi connectivity index (χ0n) is 21.8. The van der Waals surface area contributed by atoms with Crippen LogP contribution < -0.4 is 15.0 Å². The first-order valence-electron chi connectivity index (χ1n) is 12.4. The number of hydrogen-bond donors (Lipinski definition) is 0. The summed E-state index contributed by atoms with van der Waals surface area (Å²) >= 11 is 0. The average molecular weight is 484 g/mol. The van der Waals surface area contributed by atoms with E-state index in [0.717, 1.165) is 33.8 Å². The number of aromatic nitrogens is 2. The second-order valence-corrected chi connectivity index (χ2v) is 9.34. The molecular formula is C30H33N3O3. The molecule has 4 rings (SSSR count). The van der Waals surface area contributed by atoms with Gasteiger partial charge in [0.25, 0.3) is 5.56 Å². The number of benzene rings is 3. The maximum absolute atomic E-state index is 13.6. The van der Waals surface area contributed by atoms with Crippen LogP contribution in [0, 0.1) is 6.92 Å². The van der Waals surface area contributed by atoms with Crippen molar-refractivity contribution in [2.45, 2.75) is 53.6 Å². The number of aryl methyl sites for hydroxylation is 1. The molecule has 1 heterocycles. The zero-order valence-corrected chi connectivity index (χ0v) is 21.8. The molecule has 186 valence electrons. The van der Waals surface area contributed by atoms with E-state index in [0.29, 0.717) is 23.3 Å². The first-order valence-corrected chi connectivity index (χ1v) is 12.4. The van der Waals surface area contributed by atoms with Crippen molar-refractivity contribution in [1.29, 1.82) is 0 Å². The summed E-state index contributed by atoms with van der Waals surface area (Å²) < 4.78 is 13.0. The number of fused-ring (bicyclic) bond motifs is 1. The van der Waals surface area contributed by atoms with Crippen LogP contribution in [0.15, 0.2) is 70.6 Å². The van der Waals surface area contributed by atoms with Crippen LogP contribution in [-0.2, 0) is 0 Å². The van der Waals surface area contributed by atoms with Crippen LogP contribution in [0.3, 0.4) is 0 Å². The van der Waals surface area contributed by atoms with Crippen LogP contribution in [-0.4, -0.2) is 28.6 Å². The van der Waals surface area contributed by atoms with Crippen LogP contribution in [0.1, 0.15) is 57.2 Å². The summed E-state index contributed by atoms with van der Waals surface area (Å²) in [5.41, 5.74) is 4.15. The largest absolute Gasteiger partial charge is 0.494 e. The minimum Gasteiger partial charge on any atom is -0.494 e. The van der Waals surface area contributed by atoms with Crippen molar-refractivity contribution in [2.24, 2.45) is 5.10 Å². The number of rotatable bonds is 8. The first kappa shape index (κ1) is 25.2. The Morgan fingerprint density at radius 1 is 1.03 bits per heavy atom. The van der Waals surface area contributed by atoms with Gasteiger partial charge in [-0.1, -0.05) is 26.0 Å². The number of para-hydroxylation sites is 1. The third-order valence-corrected chi connectivity index (χ3v) is 5.85. The molecule has 6 nitrogen and oxygen atoms in total.